The van der Waals surface area contributed by atoms with Crippen LogP contribution in [0.4, 0.5) is 0 Å². The number of nitrogens with two attached hydrogens (primary N) is 1. The Hall–Kier alpha value is -1.39. The van der Waals surface area contributed by atoms with Crippen LogP contribution in [0.3, 0.4) is 0 Å². The smallest absolute Gasteiger partial charge is 0.237 e. The van der Waals surface area contributed by atoms with Crippen LogP contribution in [-0.2, 0) is 16.0 Å². The molecule has 0 aliphatic carbocycles. The van der Waals surface area contributed by atoms with Crippen molar-refractivity contribution in [3.63, 3.8) is 0 Å². The van der Waals surface area contributed by atoms with Crippen LogP contribution in [0.25, 0.3) is 0 Å². The molecule has 3 atom stereocenters. The molecule has 110 valence electrons. The Balaban J connectivity index is 1.74. The Morgan fingerprint density at radius 1 is 1.45 bits per heavy atom. The molecule has 0 bridgehead atoms. The molecule has 2 rings (SSSR count). The van der Waals surface area contributed by atoms with Gasteiger partial charge in [-0.25, -0.2) is 0 Å². The number of benzene rings is 1. The van der Waals surface area contributed by atoms with Crippen LogP contribution in [0, 0.1) is 5.92 Å². The largest absolute Gasteiger partial charge is 0.381 e. The number of hydrogen-bond donors (Lipinski definition) is 2. The number of hydrogen-bond acceptors (Lipinski definition) is 3. The molecule has 1 aromatic rings. The van der Waals surface area contributed by atoms with Crippen molar-refractivity contribution in [2.45, 2.75) is 38.3 Å². The van der Waals surface area contributed by atoms with Gasteiger partial charge in [0.2, 0.25) is 5.91 Å². The van der Waals surface area contributed by atoms with E-state index in [4.69, 9.17) is 10.5 Å². The molecule has 3 unspecified atom stereocenters. The lowest BCUT2D eigenvalue weighted by atomic mass is 9.99. The molecular weight excluding hydrogens is 252 g/mol. The second-order valence-corrected chi connectivity index (χ2v) is 5.55. The summed E-state index contributed by atoms with van der Waals surface area (Å²) in [6, 6.07) is 9.80. The fourth-order valence-electron chi connectivity index (χ4n) is 2.49. The summed E-state index contributed by atoms with van der Waals surface area (Å²) < 4.78 is 5.34. The third-order valence-electron chi connectivity index (χ3n) is 3.97. The predicted molar refractivity (Wildman–Crippen MR) is 79.3 cm³/mol. The minimum absolute atomic E-state index is 0.0552. The highest BCUT2D eigenvalue weighted by atomic mass is 16.5. The summed E-state index contributed by atoms with van der Waals surface area (Å²) in [6.07, 6.45) is 2.51. The van der Waals surface area contributed by atoms with E-state index in [1.807, 2.05) is 25.1 Å². The van der Waals surface area contributed by atoms with Gasteiger partial charge in [-0.05, 0) is 31.7 Å². The van der Waals surface area contributed by atoms with Gasteiger partial charge >= 0.3 is 0 Å². The standard InChI is InChI=1S/C16H24N2O2/c1-12(14-9-10-20-11-14)18-16(19)15(17)8-7-13-5-3-2-4-6-13/h2-6,12,14-15H,7-11,17H2,1H3,(H,18,19). The number of amides is 1. The SMILES string of the molecule is CC(NC(=O)C(N)CCc1ccccc1)C1CCOC1. The minimum atomic E-state index is -0.444. The van der Waals surface area contributed by atoms with Crippen molar-refractivity contribution in [2.24, 2.45) is 11.7 Å². The molecule has 1 aromatic carbocycles. The van der Waals surface area contributed by atoms with Crippen molar-refractivity contribution in [3.8, 4) is 0 Å². The molecule has 1 aliphatic heterocycles. The van der Waals surface area contributed by atoms with Gasteiger partial charge in [0.15, 0.2) is 0 Å². The van der Waals surface area contributed by atoms with Crippen molar-refractivity contribution in [1.82, 2.24) is 5.32 Å². The van der Waals surface area contributed by atoms with E-state index in [-0.39, 0.29) is 11.9 Å². The number of carbonyl (C=O) groups is 1. The van der Waals surface area contributed by atoms with Crippen molar-refractivity contribution in [3.05, 3.63) is 35.9 Å². The lowest BCUT2D eigenvalue weighted by Crippen LogP contribution is -2.47. The molecule has 1 fully saturated rings. The summed E-state index contributed by atoms with van der Waals surface area (Å²) in [5.74, 6) is 0.362. The van der Waals surface area contributed by atoms with Crippen LogP contribution in [0.2, 0.25) is 0 Å². The van der Waals surface area contributed by atoms with Gasteiger partial charge in [-0.2, -0.15) is 0 Å². The molecule has 0 spiro atoms. The minimum Gasteiger partial charge on any atom is -0.381 e. The second kappa shape index (κ2) is 7.41. The maximum Gasteiger partial charge on any atom is 0.237 e. The van der Waals surface area contributed by atoms with Crippen molar-refractivity contribution in [2.75, 3.05) is 13.2 Å². The monoisotopic (exact) mass is 276 g/mol. The van der Waals surface area contributed by atoms with Crippen LogP contribution >= 0.6 is 0 Å². The number of carbonyl (C=O) groups excluding carboxylic acids is 1. The van der Waals surface area contributed by atoms with Crippen LogP contribution in [-0.4, -0.2) is 31.2 Å². The Bertz CT molecular complexity index is 416. The average Bonchev–Trinajstić information content (AvgIpc) is 3.00. The quantitative estimate of drug-likeness (QED) is 0.827. The van der Waals surface area contributed by atoms with Crippen LogP contribution < -0.4 is 11.1 Å². The average molecular weight is 276 g/mol. The number of aryl methyl sites for hydroxylation is 1. The third-order valence-corrected chi connectivity index (χ3v) is 3.97. The Labute approximate surface area is 120 Å². The van der Waals surface area contributed by atoms with E-state index >= 15 is 0 Å². The summed E-state index contributed by atoms with van der Waals surface area (Å²) in [5.41, 5.74) is 7.18. The van der Waals surface area contributed by atoms with Gasteiger partial charge in [-0.15, -0.1) is 0 Å². The van der Waals surface area contributed by atoms with Gasteiger partial charge in [0.25, 0.3) is 0 Å². The van der Waals surface area contributed by atoms with E-state index in [9.17, 15) is 4.79 Å². The van der Waals surface area contributed by atoms with Crippen LogP contribution in [0.1, 0.15) is 25.3 Å². The maximum atomic E-state index is 12.1. The summed E-state index contributed by atoms with van der Waals surface area (Å²) in [4.78, 5) is 12.1. The molecule has 1 saturated heterocycles. The number of rotatable bonds is 6. The second-order valence-electron chi connectivity index (χ2n) is 5.55. The number of nitrogens with one attached hydrogen (secondary N) is 1. The van der Waals surface area contributed by atoms with E-state index in [1.54, 1.807) is 0 Å². The number of ether oxygens (including phenoxy) is 1. The molecule has 4 nitrogen and oxygen atoms in total. The molecule has 20 heavy (non-hydrogen) atoms. The maximum absolute atomic E-state index is 12.1. The highest BCUT2D eigenvalue weighted by Gasteiger charge is 2.25. The summed E-state index contributed by atoms with van der Waals surface area (Å²) >= 11 is 0. The van der Waals surface area contributed by atoms with Gasteiger partial charge in [-0.3, -0.25) is 4.79 Å². The normalized spacial score (nSPS) is 21.4. The topological polar surface area (TPSA) is 64.4 Å². The van der Waals surface area contributed by atoms with Crippen molar-refractivity contribution >= 4 is 5.91 Å². The third kappa shape index (κ3) is 4.32. The van der Waals surface area contributed by atoms with E-state index < -0.39 is 6.04 Å². The zero-order chi connectivity index (χ0) is 14.4. The summed E-state index contributed by atoms with van der Waals surface area (Å²) in [7, 11) is 0. The van der Waals surface area contributed by atoms with Gasteiger partial charge in [0, 0.05) is 18.6 Å². The van der Waals surface area contributed by atoms with Gasteiger partial charge in [0.1, 0.15) is 0 Å². The lowest BCUT2D eigenvalue weighted by molar-refractivity contribution is -0.123. The molecule has 0 radical (unpaired) electrons. The molecule has 1 amide bonds. The van der Waals surface area contributed by atoms with Crippen molar-refractivity contribution in [1.29, 1.82) is 0 Å². The van der Waals surface area contributed by atoms with Gasteiger partial charge in [0.05, 0.1) is 12.6 Å². The van der Waals surface area contributed by atoms with E-state index in [0.29, 0.717) is 12.3 Å². The predicted octanol–water partition coefficient (Wildman–Crippen LogP) is 1.49. The van der Waals surface area contributed by atoms with E-state index in [2.05, 4.69) is 17.4 Å². The molecule has 1 aliphatic rings. The molecule has 0 saturated carbocycles. The first kappa shape index (κ1) is 15.0. The molecule has 1 heterocycles. The highest BCUT2D eigenvalue weighted by Crippen LogP contribution is 2.16. The van der Waals surface area contributed by atoms with Crippen molar-refractivity contribution < 1.29 is 9.53 Å². The Morgan fingerprint density at radius 2 is 2.20 bits per heavy atom. The first-order valence-corrected chi connectivity index (χ1v) is 7.34. The first-order valence-electron chi connectivity index (χ1n) is 7.34. The summed E-state index contributed by atoms with van der Waals surface area (Å²) in [5, 5.41) is 3.01. The van der Waals surface area contributed by atoms with Crippen LogP contribution in [0.15, 0.2) is 30.3 Å². The fourth-order valence-corrected chi connectivity index (χ4v) is 2.49. The van der Waals surface area contributed by atoms with Gasteiger partial charge < -0.3 is 15.8 Å². The zero-order valence-corrected chi connectivity index (χ0v) is 12.0. The molecular formula is C16H24N2O2. The van der Waals surface area contributed by atoms with Crippen LogP contribution in [0.5, 0.6) is 0 Å². The molecule has 3 N–H and O–H groups in total. The Kier molecular flexibility index (Phi) is 5.56. The molecule has 4 heteroatoms. The summed E-state index contributed by atoms with van der Waals surface area (Å²) in [6.45, 7) is 3.56. The van der Waals surface area contributed by atoms with Gasteiger partial charge in [-0.1, -0.05) is 30.3 Å². The molecule has 0 aromatic heterocycles. The van der Waals surface area contributed by atoms with E-state index in [1.165, 1.54) is 5.56 Å². The Morgan fingerprint density at radius 3 is 2.85 bits per heavy atom. The fraction of sp³-hybridized carbons (Fsp3) is 0.562. The van der Waals surface area contributed by atoms with E-state index in [0.717, 1.165) is 26.1 Å². The highest BCUT2D eigenvalue weighted by molar-refractivity contribution is 5.81. The zero-order valence-electron chi connectivity index (χ0n) is 12.0. The first-order chi connectivity index (χ1) is 9.66. The lowest BCUT2D eigenvalue weighted by Gasteiger charge is -2.21.